The lowest BCUT2D eigenvalue weighted by molar-refractivity contribution is 0.208. The van der Waals surface area contributed by atoms with Gasteiger partial charge in [0, 0.05) is 12.1 Å². The topological polar surface area (TPSA) is 29.5 Å². The highest BCUT2D eigenvalue weighted by Gasteiger charge is 2.21. The van der Waals surface area contributed by atoms with Crippen molar-refractivity contribution in [3.63, 3.8) is 0 Å². The third-order valence-electron chi connectivity index (χ3n) is 2.82. The van der Waals surface area contributed by atoms with E-state index in [0.717, 1.165) is 0 Å². The molecule has 20 heavy (non-hydrogen) atoms. The van der Waals surface area contributed by atoms with Crippen molar-refractivity contribution < 1.29 is 23.0 Å². The molecule has 0 spiro atoms. The van der Waals surface area contributed by atoms with Gasteiger partial charge in [-0.25, -0.2) is 13.2 Å². The number of benzene rings is 2. The average molecular weight is 282 g/mol. The average Bonchev–Trinajstić information content (AvgIpc) is 2.38. The van der Waals surface area contributed by atoms with Crippen molar-refractivity contribution in [1.29, 1.82) is 0 Å². The van der Waals surface area contributed by atoms with E-state index in [9.17, 15) is 18.3 Å². The summed E-state index contributed by atoms with van der Waals surface area (Å²) < 4.78 is 45.2. The summed E-state index contributed by atoms with van der Waals surface area (Å²) in [7, 11) is 0. The predicted molar refractivity (Wildman–Crippen MR) is 68.0 cm³/mol. The first-order valence-corrected chi connectivity index (χ1v) is 6.08. The Kier molecular flexibility index (Phi) is 4.29. The molecule has 1 atom stereocenters. The molecule has 0 fully saturated rings. The summed E-state index contributed by atoms with van der Waals surface area (Å²) in [5.41, 5.74) is -0.284. The van der Waals surface area contributed by atoms with E-state index in [1.54, 1.807) is 12.1 Å². The summed E-state index contributed by atoms with van der Waals surface area (Å²) in [5, 5.41) is 10.0. The molecule has 0 radical (unpaired) electrons. The molecule has 106 valence electrons. The van der Waals surface area contributed by atoms with Crippen molar-refractivity contribution >= 4 is 0 Å². The first kappa shape index (κ1) is 14.4. The van der Waals surface area contributed by atoms with Crippen LogP contribution in [0.3, 0.4) is 0 Å². The molecular weight excluding hydrogens is 269 g/mol. The Morgan fingerprint density at radius 1 is 1.05 bits per heavy atom. The van der Waals surface area contributed by atoms with Gasteiger partial charge in [-0.2, -0.15) is 0 Å². The molecule has 2 nitrogen and oxygen atoms in total. The molecule has 0 heterocycles. The van der Waals surface area contributed by atoms with Crippen LogP contribution in [0.1, 0.15) is 24.2 Å². The summed E-state index contributed by atoms with van der Waals surface area (Å²) in [6, 6.07) is 7.24. The highest BCUT2D eigenvalue weighted by Crippen LogP contribution is 2.28. The van der Waals surface area contributed by atoms with Crippen LogP contribution >= 0.6 is 0 Å². The lowest BCUT2D eigenvalue weighted by Crippen LogP contribution is -2.06. The largest absolute Gasteiger partial charge is 0.494 e. The van der Waals surface area contributed by atoms with Crippen LogP contribution in [0.25, 0.3) is 0 Å². The maximum atomic E-state index is 13.6. The third kappa shape index (κ3) is 2.93. The third-order valence-corrected chi connectivity index (χ3v) is 2.82. The molecule has 2 aromatic carbocycles. The van der Waals surface area contributed by atoms with E-state index < -0.39 is 29.1 Å². The predicted octanol–water partition coefficient (Wildman–Crippen LogP) is 3.58. The van der Waals surface area contributed by atoms with Crippen molar-refractivity contribution in [3.8, 4) is 5.75 Å². The van der Waals surface area contributed by atoms with Gasteiger partial charge in [0.2, 0.25) is 0 Å². The minimum atomic E-state index is -1.51. The number of aliphatic hydroxyl groups excluding tert-OH is 1. The van der Waals surface area contributed by atoms with Gasteiger partial charge in [-0.3, -0.25) is 0 Å². The van der Waals surface area contributed by atoms with Gasteiger partial charge in [-0.1, -0.05) is 12.1 Å². The second-order valence-electron chi connectivity index (χ2n) is 4.19. The summed E-state index contributed by atoms with van der Waals surface area (Å²) in [5.74, 6) is -2.68. The Balaban J connectivity index is 2.33. The Bertz CT molecular complexity index is 574. The lowest BCUT2D eigenvalue weighted by Gasteiger charge is -2.14. The first-order valence-electron chi connectivity index (χ1n) is 6.08. The van der Waals surface area contributed by atoms with Crippen LogP contribution in [0.5, 0.6) is 5.75 Å². The molecule has 0 aliphatic rings. The molecule has 0 bridgehead atoms. The van der Waals surface area contributed by atoms with Crippen LogP contribution in [0, 0.1) is 17.5 Å². The summed E-state index contributed by atoms with van der Waals surface area (Å²) in [4.78, 5) is 0. The summed E-state index contributed by atoms with van der Waals surface area (Å²) in [6.45, 7) is 2.31. The molecule has 0 amide bonds. The summed E-state index contributed by atoms with van der Waals surface area (Å²) >= 11 is 0. The van der Waals surface area contributed by atoms with E-state index in [1.165, 1.54) is 12.1 Å². The van der Waals surface area contributed by atoms with Gasteiger partial charge < -0.3 is 9.84 Å². The zero-order valence-corrected chi connectivity index (χ0v) is 10.7. The molecule has 1 N–H and O–H groups in total. The Morgan fingerprint density at radius 3 is 2.10 bits per heavy atom. The fraction of sp³-hybridized carbons (Fsp3) is 0.200. The maximum absolute atomic E-state index is 13.6. The standard InChI is InChI=1S/C15H13F3O2/c1-2-20-11-5-3-9(4-6-11)15(19)14-12(17)7-10(16)8-13(14)18/h3-8,15,19H,2H2,1H3. The van der Waals surface area contributed by atoms with E-state index in [0.29, 0.717) is 24.5 Å². The highest BCUT2D eigenvalue weighted by atomic mass is 19.1. The zero-order chi connectivity index (χ0) is 14.7. The van der Waals surface area contributed by atoms with Crippen LogP contribution in [-0.2, 0) is 0 Å². The van der Waals surface area contributed by atoms with Crippen molar-refractivity contribution in [3.05, 3.63) is 65.0 Å². The molecule has 0 aliphatic heterocycles. The van der Waals surface area contributed by atoms with Gasteiger partial charge in [-0.15, -0.1) is 0 Å². The lowest BCUT2D eigenvalue weighted by atomic mass is 10.0. The van der Waals surface area contributed by atoms with Gasteiger partial charge >= 0.3 is 0 Å². The molecule has 0 saturated carbocycles. The minimum Gasteiger partial charge on any atom is -0.494 e. The smallest absolute Gasteiger partial charge is 0.135 e. The zero-order valence-electron chi connectivity index (χ0n) is 10.7. The maximum Gasteiger partial charge on any atom is 0.135 e. The van der Waals surface area contributed by atoms with Crippen LogP contribution in [-0.4, -0.2) is 11.7 Å². The van der Waals surface area contributed by atoms with Gasteiger partial charge in [0.15, 0.2) is 0 Å². The van der Waals surface area contributed by atoms with Crippen LogP contribution < -0.4 is 4.74 Å². The number of hydrogen-bond donors (Lipinski definition) is 1. The van der Waals surface area contributed by atoms with E-state index in [-0.39, 0.29) is 5.56 Å². The molecular formula is C15H13F3O2. The number of hydrogen-bond acceptors (Lipinski definition) is 2. The van der Waals surface area contributed by atoms with E-state index in [2.05, 4.69) is 0 Å². The Hall–Kier alpha value is -2.01. The Morgan fingerprint density at radius 2 is 1.60 bits per heavy atom. The molecule has 1 unspecified atom stereocenters. The van der Waals surface area contributed by atoms with Gasteiger partial charge in [0.25, 0.3) is 0 Å². The van der Waals surface area contributed by atoms with E-state index >= 15 is 0 Å². The molecule has 0 saturated heterocycles. The fourth-order valence-corrected chi connectivity index (χ4v) is 1.89. The van der Waals surface area contributed by atoms with Crippen LogP contribution in [0.15, 0.2) is 36.4 Å². The number of aliphatic hydroxyl groups is 1. The SMILES string of the molecule is CCOc1ccc(C(O)c2c(F)cc(F)cc2F)cc1. The molecule has 2 aromatic rings. The number of ether oxygens (including phenoxy) is 1. The molecule has 5 heteroatoms. The van der Waals surface area contributed by atoms with Crippen molar-refractivity contribution in [2.24, 2.45) is 0 Å². The van der Waals surface area contributed by atoms with E-state index in [4.69, 9.17) is 4.74 Å². The molecule has 0 aliphatic carbocycles. The van der Waals surface area contributed by atoms with Crippen molar-refractivity contribution in [2.75, 3.05) is 6.61 Å². The summed E-state index contributed by atoms with van der Waals surface area (Å²) in [6.07, 6.45) is -1.51. The normalized spacial score (nSPS) is 12.2. The van der Waals surface area contributed by atoms with Gasteiger partial charge in [-0.05, 0) is 24.6 Å². The molecule has 0 aromatic heterocycles. The van der Waals surface area contributed by atoms with Crippen LogP contribution in [0.2, 0.25) is 0 Å². The quantitative estimate of drug-likeness (QED) is 0.928. The van der Waals surface area contributed by atoms with Gasteiger partial charge in [0.05, 0.1) is 12.2 Å². The first-order chi connectivity index (χ1) is 9.52. The minimum absolute atomic E-state index is 0.290. The number of halogens is 3. The monoisotopic (exact) mass is 282 g/mol. The van der Waals surface area contributed by atoms with Crippen molar-refractivity contribution in [1.82, 2.24) is 0 Å². The highest BCUT2D eigenvalue weighted by molar-refractivity contribution is 5.35. The molecule has 2 rings (SSSR count). The van der Waals surface area contributed by atoms with Crippen LogP contribution in [0.4, 0.5) is 13.2 Å². The number of rotatable bonds is 4. The fourth-order valence-electron chi connectivity index (χ4n) is 1.89. The van der Waals surface area contributed by atoms with E-state index in [1.807, 2.05) is 6.92 Å². The Labute approximate surface area is 114 Å². The second kappa shape index (κ2) is 5.96. The van der Waals surface area contributed by atoms with Gasteiger partial charge in [0.1, 0.15) is 29.3 Å². The van der Waals surface area contributed by atoms with Crippen molar-refractivity contribution in [2.45, 2.75) is 13.0 Å². The second-order valence-corrected chi connectivity index (χ2v) is 4.19.